The van der Waals surface area contributed by atoms with E-state index in [1.807, 2.05) is 6.07 Å². The minimum atomic E-state index is -0.510. The van der Waals surface area contributed by atoms with E-state index in [-0.39, 0.29) is 0 Å². The number of anilines is 1. The standard InChI is InChI=1S/C15H17FN2O3/c1-19-12-6-4-10(14(20-2)15(12)21-3)8-17-11-5-7-13(16)18-9-11/h4-7,9,17H,8H2,1-3H3. The molecule has 0 unspecified atom stereocenters. The topological polar surface area (TPSA) is 52.6 Å². The number of aromatic nitrogens is 1. The van der Waals surface area contributed by atoms with Crippen LogP contribution in [-0.2, 0) is 6.54 Å². The Balaban J connectivity index is 2.21. The molecule has 0 spiro atoms. The zero-order valence-corrected chi connectivity index (χ0v) is 12.1. The Bertz CT molecular complexity index is 603. The lowest BCUT2D eigenvalue weighted by atomic mass is 10.1. The van der Waals surface area contributed by atoms with Gasteiger partial charge in [-0.1, -0.05) is 0 Å². The number of pyridine rings is 1. The highest BCUT2D eigenvalue weighted by molar-refractivity contribution is 5.56. The van der Waals surface area contributed by atoms with Crippen LogP contribution in [0, 0.1) is 5.95 Å². The van der Waals surface area contributed by atoms with E-state index in [2.05, 4.69) is 10.3 Å². The van der Waals surface area contributed by atoms with Crippen molar-refractivity contribution < 1.29 is 18.6 Å². The maximum absolute atomic E-state index is 12.8. The molecule has 2 rings (SSSR count). The fourth-order valence-electron chi connectivity index (χ4n) is 1.98. The van der Waals surface area contributed by atoms with E-state index < -0.39 is 5.95 Å². The van der Waals surface area contributed by atoms with E-state index in [9.17, 15) is 4.39 Å². The monoisotopic (exact) mass is 292 g/mol. The van der Waals surface area contributed by atoms with E-state index in [1.165, 1.54) is 12.3 Å². The molecule has 0 radical (unpaired) electrons. The molecule has 0 saturated heterocycles. The van der Waals surface area contributed by atoms with Crippen LogP contribution < -0.4 is 19.5 Å². The molecule has 1 N–H and O–H groups in total. The third kappa shape index (κ3) is 3.34. The molecule has 0 fully saturated rings. The molecule has 112 valence electrons. The Kier molecular flexibility index (Phi) is 4.81. The van der Waals surface area contributed by atoms with Gasteiger partial charge < -0.3 is 19.5 Å². The van der Waals surface area contributed by atoms with Crippen molar-refractivity contribution in [1.82, 2.24) is 4.98 Å². The molecule has 5 nitrogen and oxygen atoms in total. The van der Waals surface area contributed by atoms with Gasteiger partial charge >= 0.3 is 0 Å². The Morgan fingerprint density at radius 3 is 2.33 bits per heavy atom. The summed E-state index contributed by atoms with van der Waals surface area (Å²) in [6.07, 6.45) is 1.43. The highest BCUT2D eigenvalue weighted by atomic mass is 19.1. The van der Waals surface area contributed by atoms with Gasteiger partial charge in [-0.25, -0.2) is 4.98 Å². The molecular weight excluding hydrogens is 275 g/mol. The van der Waals surface area contributed by atoms with Crippen LogP contribution in [-0.4, -0.2) is 26.3 Å². The Morgan fingerprint density at radius 2 is 1.76 bits per heavy atom. The molecule has 0 aliphatic rings. The zero-order chi connectivity index (χ0) is 15.2. The lowest BCUT2D eigenvalue weighted by Gasteiger charge is -2.16. The molecule has 6 heteroatoms. The van der Waals surface area contributed by atoms with E-state index in [4.69, 9.17) is 14.2 Å². The summed E-state index contributed by atoms with van der Waals surface area (Å²) >= 11 is 0. The number of nitrogens with zero attached hydrogens (tertiary/aromatic N) is 1. The highest BCUT2D eigenvalue weighted by Crippen LogP contribution is 2.39. The number of benzene rings is 1. The van der Waals surface area contributed by atoms with Crippen molar-refractivity contribution in [2.24, 2.45) is 0 Å². The molecular formula is C15H17FN2O3. The molecule has 21 heavy (non-hydrogen) atoms. The maximum Gasteiger partial charge on any atom is 0.212 e. The lowest BCUT2D eigenvalue weighted by molar-refractivity contribution is 0.322. The molecule has 2 aromatic rings. The largest absolute Gasteiger partial charge is 0.493 e. The molecule has 1 aromatic heterocycles. The van der Waals surface area contributed by atoms with Crippen LogP contribution in [0.15, 0.2) is 30.5 Å². The first kappa shape index (κ1) is 14.9. The summed E-state index contributed by atoms with van der Waals surface area (Å²) in [6, 6.07) is 6.61. The van der Waals surface area contributed by atoms with Crippen molar-refractivity contribution in [3.05, 3.63) is 42.0 Å². The average Bonchev–Trinajstić information content (AvgIpc) is 2.53. The van der Waals surface area contributed by atoms with Gasteiger partial charge in [0.25, 0.3) is 0 Å². The van der Waals surface area contributed by atoms with Gasteiger partial charge in [-0.3, -0.25) is 0 Å². The minimum absolute atomic E-state index is 0.483. The van der Waals surface area contributed by atoms with E-state index in [0.717, 1.165) is 5.56 Å². The van der Waals surface area contributed by atoms with Crippen LogP contribution in [0.4, 0.5) is 10.1 Å². The predicted octanol–water partition coefficient (Wildman–Crippen LogP) is 2.86. The summed E-state index contributed by atoms with van der Waals surface area (Å²) < 4.78 is 28.7. The molecule has 0 amide bonds. The van der Waals surface area contributed by atoms with Crippen molar-refractivity contribution in [3.63, 3.8) is 0 Å². The maximum atomic E-state index is 12.8. The van der Waals surface area contributed by atoms with Gasteiger partial charge in [0, 0.05) is 12.1 Å². The summed E-state index contributed by atoms with van der Waals surface area (Å²) in [5, 5.41) is 3.15. The highest BCUT2D eigenvalue weighted by Gasteiger charge is 2.15. The van der Waals surface area contributed by atoms with Gasteiger partial charge in [0.1, 0.15) is 0 Å². The first-order chi connectivity index (χ1) is 10.2. The molecule has 0 bridgehead atoms. The molecule has 0 saturated carbocycles. The first-order valence-corrected chi connectivity index (χ1v) is 6.33. The fraction of sp³-hybridized carbons (Fsp3) is 0.267. The van der Waals surface area contributed by atoms with Crippen molar-refractivity contribution in [2.75, 3.05) is 26.6 Å². The quantitative estimate of drug-likeness (QED) is 0.830. The van der Waals surface area contributed by atoms with Gasteiger partial charge in [0.05, 0.1) is 33.2 Å². The molecule has 1 heterocycles. The SMILES string of the molecule is COc1ccc(CNc2ccc(F)nc2)c(OC)c1OC. The Hall–Kier alpha value is -2.50. The third-order valence-corrected chi connectivity index (χ3v) is 3.00. The predicted molar refractivity (Wildman–Crippen MR) is 77.6 cm³/mol. The summed E-state index contributed by atoms with van der Waals surface area (Å²) in [5.74, 6) is 1.22. The minimum Gasteiger partial charge on any atom is -0.493 e. The van der Waals surface area contributed by atoms with Crippen molar-refractivity contribution >= 4 is 5.69 Å². The first-order valence-electron chi connectivity index (χ1n) is 6.33. The second kappa shape index (κ2) is 6.78. The number of ether oxygens (including phenoxy) is 3. The van der Waals surface area contributed by atoms with Crippen molar-refractivity contribution in [3.8, 4) is 17.2 Å². The van der Waals surface area contributed by atoms with Crippen LogP contribution in [0.5, 0.6) is 17.2 Å². The van der Waals surface area contributed by atoms with E-state index >= 15 is 0 Å². The molecule has 0 aliphatic carbocycles. The number of halogens is 1. The number of nitrogens with one attached hydrogen (secondary N) is 1. The van der Waals surface area contributed by atoms with E-state index in [0.29, 0.717) is 29.5 Å². The second-order valence-electron chi connectivity index (χ2n) is 4.22. The number of hydrogen-bond donors (Lipinski definition) is 1. The summed E-state index contributed by atoms with van der Waals surface area (Å²) in [4.78, 5) is 3.59. The number of rotatable bonds is 6. The molecule has 0 aliphatic heterocycles. The normalized spacial score (nSPS) is 10.1. The van der Waals surface area contributed by atoms with E-state index in [1.54, 1.807) is 33.5 Å². The summed E-state index contributed by atoms with van der Waals surface area (Å²) in [6.45, 7) is 0.483. The van der Waals surface area contributed by atoms with Gasteiger partial charge in [-0.15, -0.1) is 0 Å². The zero-order valence-electron chi connectivity index (χ0n) is 12.1. The van der Waals surface area contributed by atoms with Crippen LogP contribution in [0.1, 0.15) is 5.56 Å². The smallest absolute Gasteiger partial charge is 0.212 e. The van der Waals surface area contributed by atoms with Gasteiger partial charge in [-0.05, 0) is 24.3 Å². The van der Waals surface area contributed by atoms with Crippen LogP contribution >= 0.6 is 0 Å². The second-order valence-corrected chi connectivity index (χ2v) is 4.22. The van der Waals surface area contributed by atoms with Crippen LogP contribution in [0.2, 0.25) is 0 Å². The van der Waals surface area contributed by atoms with Gasteiger partial charge in [0.15, 0.2) is 11.5 Å². The Morgan fingerprint density at radius 1 is 1.00 bits per heavy atom. The summed E-state index contributed by atoms with van der Waals surface area (Å²) in [7, 11) is 4.70. The van der Waals surface area contributed by atoms with Gasteiger partial charge in [0.2, 0.25) is 11.7 Å². The number of hydrogen-bond acceptors (Lipinski definition) is 5. The Labute approximate surface area is 122 Å². The third-order valence-electron chi connectivity index (χ3n) is 3.00. The molecule has 0 atom stereocenters. The van der Waals surface area contributed by atoms with Crippen molar-refractivity contribution in [1.29, 1.82) is 0 Å². The van der Waals surface area contributed by atoms with Crippen LogP contribution in [0.3, 0.4) is 0 Å². The lowest BCUT2D eigenvalue weighted by Crippen LogP contribution is -2.04. The van der Waals surface area contributed by atoms with Crippen molar-refractivity contribution in [2.45, 2.75) is 6.54 Å². The van der Waals surface area contributed by atoms with Gasteiger partial charge in [-0.2, -0.15) is 4.39 Å². The van der Waals surface area contributed by atoms with Crippen LogP contribution in [0.25, 0.3) is 0 Å². The molecule has 1 aromatic carbocycles. The number of methoxy groups -OCH3 is 3. The average molecular weight is 292 g/mol. The summed E-state index contributed by atoms with van der Waals surface area (Å²) in [5.41, 5.74) is 1.60. The fourth-order valence-corrected chi connectivity index (χ4v) is 1.98.